The van der Waals surface area contributed by atoms with E-state index in [1.165, 1.54) is 6.42 Å². The van der Waals surface area contributed by atoms with Gasteiger partial charge in [0.25, 0.3) is 0 Å². The summed E-state index contributed by atoms with van der Waals surface area (Å²) in [6.07, 6.45) is 9.28. The summed E-state index contributed by atoms with van der Waals surface area (Å²) in [5.41, 5.74) is 1.00. The van der Waals surface area contributed by atoms with Gasteiger partial charge in [-0.1, -0.05) is 19.3 Å². The minimum absolute atomic E-state index is 0.139. The van der Waals surface area contributed by atoms with Crippen LogP contribution in [0, 0.1) is 0 Å². The molecule has 0 unspecified atom stereocenters. The first-order valence-electron chi connectivity index (χ1n) is 7.58. The lowest BCUT2D eigenvalue weighted by atomic mass is 9.95. The molecule has 1 aromatic heterocycles. The van der Waals surface area contributed by atoms with Crippen LogP contribution >= 0.6 is 11.6 Å². The van der Waals surface area contributed by atoms with Crippen LogP contribution in [0.4, 0.5) is 0 Å². The highest BCUT2D eigenvalue weighted by molar-refractivity contribution is 7.89. The molecule has 0 amide bonds. The second-order valence-corrected chi connectivity index (χ2v) is 7.93. The Kier molecular flexibility index (Phi) is 6.45. The van der Waals surface area contributed by atoms with Crippen LogP contribution in [0.3, 0.4) is 0 Å². The Hall–Kier alpha value is -0.650. The fourth-order valence-corrected chi connectivity index (χ4v) is 4.96. The molecule has 0 saturated heterocycles. The molecule has 0 N–H and O–H groups in total. The number of rotatable bonds is 7. The minimum atomic E-state index is -3.25. The van der Waals surface area contributed by atoms with Gasteiger partial charge in [0.15, 0.2) is 0 Å². The molecule has 118 valence electrons. The van der Waals surface area contributed by atoms with Crippen LogP contribution in [-0.2, 0) is 16.4 Å². The first-order valence-corrected chi connectivity index (χ1v) is 9.72. The number of pyridine rings is 1. The van der Waals surface area contributed by atoms with Crippen molar-refractivity contribution in [2.45, 2.75) is 44.6 Å². The first kappa shape index (κ1) is 16.7. The highest BCUT2D eigenvalue weighted by Gasteiger charge is 2.30. The van der Waals surface area contributed by atoms with E-state index in [1.54, 1.807) is 16.7 Å². The zero-order valence-corrected chi connectivity index (χ0v) is 13.8. The molecule has 0 aromatic carbocycles. The number of hydrogen-bond acceptors (Lipinski definition) is 3. The number of halogens is 1. The maximum Gasteiger partial charge on any atom is 0.214 e. The quantitative estimate of drug-likeness (QED) is 0.722. The molecule has 0 spiro atoms. The monoisotopic (exact) mass is 330 g/mol. The molecular formula is C15H23ClN2O2S. The smallest absolute Gasteiger partial charge is 0.214 e. The van der Waals surface area contributed by atoms with E-state index >= 15 is 0 Å². The van der Waals surface area contributed by atoms with Crippen LogP contribution in [0.2, 0.25) is 0 Å². The second-order valence-electron chi connectivity index (χ2n) is 5.51. The van der Waals surface area contributed by atoms with Crippen molar-refractivity contribution in [1.29, 1.82) is 0 Å². The lowest BCUT2D eigenvalue weighted by Gasteiger charge is -2.33. The molecule has 0 atom stereocenters. The minimum Gasteiger partial charge on any atom is -0.265 e. The molecule has 1 aliphatic rings. The van der Waals surface area contributed by atoms with Crippen LogP contribution < -0.4 is 0 Å². The van der Waals surface area contributed by atoms with Gasteiger partial charge >= 0.3 is 0 Å². The van der Waals surface area contributed by atoms with Gasteiger partial charge in [-0.2, -0.15) is 4.31 Å². The summed E-state index contributed by atoms with van der Waals surface area (Å²) in [4.78, 5) is 3.95. The zero-order valence-electron chi connectivity index (χ0n) is 12.2. The van der Waals surface area contributed by atoms with E-state index in [0.717, 1.165) is 31.2 Å². The molecule has 1 fully saturated rings. The largest absolute Gasteiger partial charge is 0.265 e. The molecule has 1 aliphatic carbocycles. The maximum absolute atomic E-state index is 12.6. The molecule has 1 heterocycles. The van der Waals surface area contributed by atoms with Crippen molar-refractivity contribution in [2.24, 2.45) is 0 Å². The Morgan fingerprint density at radius 1 is 1.19 bits per heavy atom. The van der Waals surface area contributed by atoms with Crippen LogP contribution in [0.15, 0.2) is 24.5 Å². The van der Waals surface area contributed by atoms with E-state index in [2.05, 4.69) is 4.98 Å². The molecular weight excluding hydrogens is 308 g/mol. The van der Waals surface area contributed by atoms with Crippen LogP contribution in [0.1, 0.15) is 37.7 Å². The molecule has 1 aromatic rings. The van der Waals surface area contributed by atoms with E-state index in [-0.39, 0.29) is 11.8 Å². The van der Waals surface area contributed by atoms with Crippen molar-refractivity contribution in [2.75, 3.05) is 18.2 Å². The van der Waals surface area contributed by atoms with Gasteiger partial charge in [0.2, 0.25) is 10.0 Å². The van der Waals surface area contributed by atoms with Crippen LogP contribution in [0.25, 0.3) is 0 Å². The second kappa shape index (κ2) is 8.11. The van der Waals surface area contributed by atoms with Crippen molar-refractivity contribution in [3.8, 4) is 0 Å². The van der Waals surface area contributed by atoms with Crippen molar-refractivity contribution in [3.05, 3.63) is 30.1 Å². The Morgan fingerprint density at radius 3 is 2.48 bits per heavy atom. The summed E-state index contributed by atoms with van der Waals surface area (Å²) < 4.78 is 26.9. The van der Waals surface area contributed by atoms with Crippen molar-refractivity contribution >= 4 is 21.6 Å². The molecule has 6 heteroatoms. The topological polar surface area (TPSA) is 50.3 Å². The Labute approximate surface area is 132 Å². The van der Waals surface area contributed by atoms with E-state index < -0.39 is 10.0 Å². The number of alkyl halides is 1. The van der Waals surface area contributed by atoms with Gasteiger partial charge in [0, 0.05) is 30.9 Å². The molecule has 21 heavy (non-hydrogen) atoms. The Balaban J connectivity index is 2.02. The summed E-state index contributed by atoms with van der Waals surface area (Å²) in [7, 11) is -3.25. The van der Waals surface area contributed by atoms with Crippen LogP contribution in [0.5, 0.6) is 0 Å². The molecule has 1 saturated carbocycles. The summed E-state index contributed by atoms with van der Waals surface area (Å²) in [6.45, 7) is 0.422. The maximum atomic E-state index is 12.6. The van der Waals surface area contributed by atoms with Gasteiger partial charge in [-0.15, -0.1) is 11.6 Å². The predicted molar refractivity (Wildman–Crippen MR) is 86.0 cm³/mol. The number of aryl methyl sites for hydroxylation is 1. The first-order chi connectivity index (χ1) is 10.1. The van der Waals surface area contributed by atoms with Gasteiger partial charge in [-0.05, 0) is 37.0 Å². The van der Waals surface area contributed by atoms with Crippen molar-refractivity contribution < 1.29 is 8.42 Å². The van der Waals surface area contributed by atoms with Crippen molar-refractivity contribution in [3.63, 3.8) is 0 Å². The normalized spacial score (nSPS) is 17.2. The zero-order chi connectivity index (χ0) is 15.1. The average molecular weight is 331 g/mol. The highest BCUT2D eigenvalue weighted by Crippen LogP contribution is 2.25. The molecule has 4 nitrogen and oxygen atoms in total. The van der Waals surface area contributed by atoms with Gasteiger partial charge in [-0.3, -0.25) is 4.98 Å². The summed E-state index contributed by atoms with van der Waals surface area (Å²) >= 11 is 5.82. The average Bonchev–Trinajstić information content (AvgIpc) is 2.52. The number of hydrogen-bond donors (Lipinski definition) is 0. The number of aromatic nitrogens is 1. The van der Waals surface area contributed by atoms with E-state index in [0.29, 0.717) is 18.8 Å². The molecule has 2 rings (SSSR count). The highest BCUT2D eigenvalue weighted by atomic mass is 35.5. The van der Waals surface area contributed by atoms with E-state index in [9.17, 15) is 8.42 Å². The van der Waals surface area contributed by atoms with Gasteiger partial charge in [0.1, 0.15) is 0 Å². The SMILES string of the molecule is O=S(=O)(CCc1ccncc1)N(CCCl)C1CCCCC1. The number of nitrogens with zero attached hydrogens (tertiary/aromatic N) is 2. The molecule has 0 bridgehead atoms. The van der Waals surface area contributed by atoms with E-state index in [4.69, 9.17) is 11.6 Å². The fraction of sp³-hybridized carbons (Fsp3) is 0.667. The third-order valence-electron chi connectivity index (χ3n) is 4.04. The fourth-order valence-electron chi connectivity index (χ4n) is 2.91. The molecule has 0 radical (unpaired) electrons. The van der Waals surface area contributed by atoms with Gasteiger partial charge in [-0.25, -0.2) is 8.42 Å². The Bertz CT molecular complexity index is 516. The predicted octanol–water partition coefficient (Wildman–Crippen LogP) is 2.83. The van der Waals surface area contributed by atoms with E-state index in [1.807, 2.05) is 12.1 Å². The summed E-state index contributed by atoms with van der Waals surface area (Å²) in [6, 6.07) is 3.87. The van der Waals surface area contributed by atoms with Gasteiger partial charge < -0.3 is 0 Å². The van der Waals surface area contributed by atoms with Crippen LogP contribution in [-0.4, -0.2) is 41.9 Å². The summed E-state index contributed by atoms with van der Waals surface area (Å²) in [5, 5.41) is 0. The third-order valence-corrected chi connectivity index (χ3v) is 6.13. The summed E-state index contributed by atoms with van der Waals surface area (Å²) in [5.74, 6) is 0.495. The number of sulfonamides is 1. The lowest BCUT2D eigenvalue weighted by Crippen LogP contribution is -2.44. The Morgan fingerprint density at radius 2 is 1.86 bits per heavy atom. The standard InChI is InChI=1S/C15H23ClN2O2S/c16-9-12-18(15-4-2-1-3-5-15)21(19,20)13-8-14-6-10-17-11-7-14/h6-7,10-11,15H,1-5,8-9,12-13H2. The van der Waals surface area contributed by atoms with Gasteiger partial charge in [0.05, 0.1) is 5.75 Å². The lowest BCUT2D eigenvalue weighted by molar-refractivity contribution is 0.262. The third kappa shape index (κ3) is 4.94. The molecule has 0 aliphatic heterocycles. The van der Waals surface area contributed by atoms with Crippen molar-refractivity contribution in [1.82, 2.24) is 9.29 Å².